The van der Waals surface area contributed by atoms with E-state index in [0.717, 1.165) is 28.3 Å². The highest BCUT2D eigenvalue weighted by Crippen LogP contribution is 2.45. The van der Waals surface area contributed by atoms with Crippen LogP contribution in [-0.2, 0) is 0 Å². The zero-order valence-corrected chi connectivity index (χ0v) is 34.7. The molecule has 0 spiro atoms. The molecular weight excluding hydrogens is 777 g/mol. The van der Waals surface area contributed by atoms with Crippen molar-refractivity contribution in [1.29, 1.82) is 0 Å². The summed E-state index contributed by atoms with van der Waals surface area (Å²) < 4.78 is 9.92. The number of rotatable bonds is 5. The Morgan fingerprint density at radius 3 is 1.00 bits per heavy atom. The molecule has 0 bridgehead atoms. The Morgan fingerprint density at radius 2 is 0.562 bits per heavy atom. The minimum absolute atomic E-state index is 1.11. The molecule has 14 rings (SSSR count). The molecule has 0 N–H and O–H groups in total. The molecule has 0 saturated carbocycles. The fourth-order valence-corrected chi connectivity index (χ4v) is 10.9. The highest BCUT2D eigenvalue weighted by molar-refractivity contribution is 6.27. The third-order valence-electron chi connectivity index (χ3n) is 13.5. The first kappa shape index (κ1) is 35.0. The molecule has 4 heterocycles. The number of hydrogen-bond donors (Lipinski definition) is 0. The summed E-state index contributed by atoms with van der Waals surface area (Å²) >= 11 is 0. The van der Waals surface area contributed by atoms with E-state index in [0.29, 0.717) is 0 Å². The molecule has 0 aliphatic heterocycles. The summed E-state index contributed by atoms with van der Waals surface area (Å²) in [6.07, 6.45) is 0. The largest absolute Gasteiger partial charge is 0.309 e. The van der Waals surface area contributed by atoms with E-state index in [1.54, 1.807) is 0 Å². The van der Waals surface area contributed by atoms with E-state index in [2.05, 4.69) is 249 Å². The molecule has 4 heteroatoms. The van der Waals surface area contributed by atoms with Crippen LogP contribution in [0.4, 0.5) is 0 Å². The van der Waals surface area contributed by atoms with E-state index in [-0.39, 0.29) is 0 Å². The van der Waals surface area contributed by atoms with E-state index < -0.39 is 0 Å². The lowest BCUT2D eigenvalue weighted by atomic mass is 10.0. The van der Waals surface area contributed by atoms with Gasteiger partial charge in [-0.3, -0.25) is 0 Å². The van der Waals surface area contributed by atoms with Crippen molar-refractivity contribution in [3.8, 4) is 33.9 Å². The van der Waals surface area contributed by atoms with Crippen molar-refractivity contribution >= 4 is 87.2 Å². The van der Waals surface area contributed by atoms with Gasteiger partial charge in [0, 0.05) is 65.8 Å². The van der Waals surface area contributed by atoms with Crippen molar-refractivity contribution in [2.45, 2.75) is 0 Å². The lowest BCUT2D eigenvalue weighted by Crippen LogP contribution is -2.01. The topological polar surface area (TPSA) is 19.7 Å². The summed E-state index contributed by atoms with van der Waals surface area (Å²) in [5.74, 6) is 0. The number of hydrogen-bond acceptors (Lipinski definition) is 0. The van der Waals surface area contributed by atoms with Crippen LogP contribution in [0.1, 0.15) is 0 Å². The molecule has 0 radical (unpaired) electrons. The number of fused-ring (bicyclic) bond motifs is 14. The van der Waals surface area contributed by atoms with Gasteiger partial charge in [-0.25, -0.2) is 0 Å². The molecule has 64 heavy (non-hydrogen) atoms. The first-order valence-corrected chi connectivity index (χ1v) is 22.0. The molecule has 14 aromatic rings. The van der Waals surface area contributed by atoms with Gasteiger partial charge in [0.15, 0.2) is 0 Å². The monoisotopic (exact) mass is 814 g/mol. The van der Waals surface area contributed by atoms with Crippen LogP contribution in [-0.4, -0.2) is 18.3 Å². The smallest absolute Gasteiger partial charge is 0.0641 e. The number of nitrogens with zero attached hydrogens (tertiary/aromatic N) is 4. The van der Waals surface area contributed by atoms with Crippen molar-refractivity contribution in [1.82, 2.24) is 18.3 Å². The summed E-state index contributed by atoms with van der Waals surface area (Å²) in [5.41, 5.74) is 16.3. The van der Waals surface area contributed by atoms with Crippen molar-refractivity contribution in [3.05, 3.63) is 231 Å². The minimum Gasteiger partial charge on any atom is -0.309 e. The number of aromatic nitrogens is 4. The van der Waals surface area contributed by atoms with Crippen LogP contribution < -0.4 is 0 Å². The van der Waals surface area contributed by atoms with Crippen LogP contribution in [0, 0.1) is 0 Å². The zero-order chi connectivity index (χ0) is 41.9. The van der Waals surface area contributed by atoms with Gasteiger partial charge in [0.25, 0.3) is 0 Å². The average Bonchev–Trinajstić information content (AvgIpc) is 4.09. The van der Waals surface area contributed by atoms with Crippen LogP contribution in [0.15, 0.2) is 231 Å². The first-order chi connectivity index (χ1) is 31.8. The summed E-state index contributed by atoms with van der Waals surface area (Å²) in [6, 6.07) is 84.5. The predicted molar refractivity (Wildman–Crippen MR) is 269 cm³/mol. The molecular formula is C60H38N4. The molecule has 4 aromatic heterocycles. The van der Waals surface area contributed by atoms with Gasteiger partial charge in [0.1, 0.15) is 0 Å². The molecule has 0 unspecified atom stereocenters. The van der Waals surface area contributed by atoms with Crippen molar-refractivity contribution < 1.29 is 0 Å². The van der Waals surface area contributed by atoms with E-state index in [1.807, 2.05) is 0 Å². The van der Waals surface area contributed by atoms with E-state index in [4.69, 9.17) is 0 Å². The Bertz CT molecular complexity index is 3920. The third-order valence-corrected chi connectivity index (χ3v) is 13.5. The Labute approximate surface area is 368 Å². The van der Waals surface area contributed by atoms with Gasteiger partial charge in [0.05, 0.1) is 44.1 Å². The van der Waals surface area contributed by atoms with Crippen LogP contribution in [0.5, 0.6) is 0 Å². The van der Waals surface area contributed by atoms with Crippen LogP contribution in [0.25, 0.3) is 121 Å². The quantitative estimate of drug-likeness (QED) is 0.165. The maximum absolute atomic E-state index is 2.54. The summed E-state index contributed by atoms with van der Waals surface area (Å²) in [5, 5.41) is 9.88. The second-order valence-corrected chi connectivity index (χ2v) is 16.9. The standard InChI is InChI=1S/C60H38N4/c1-4-18-39(19-5-1)40-36-43(63-51-28-14-10-24-45(51)47-32-34-55-57(59(47)63)49-26-12-16-30-53(49)61(55)41-20-6-2-7-21-41)38-44(37-40)64-52-29-15-11-25-46(52)48-33-35-56-58(60(48)64)50-27-13-17-31-54(50)62(56)42-22-8-3-9-23-42/h1-38H. The lowest BCUT2D eigenvalue weighted by molar-refractivity contribution is 1.14. The zero-order valence-electron chi connectivity index (χ0n) is 34.7. The minimum atomic E-state index is 1.11. The Hall–Kier alpha value is -8.60. The van der Waals surface area contributed by atoms with E-state index >= 15 is 0 Å². The second kappa shape index (κ2) is 13.4. The molecule has 0 amide bonds. The van der Waals surface area contributed by atoms with Crippen molar-refractivity contribution in [2.24, 2.45) is 0 Å². The van der Waals surface area contributed by atoms with Crippen LogP contribution in [0.2, 0.25) is 0 Å². The molecule has 298 valence electrons. The van der Waals surface area contributed by atoms with Gasteiger partial charge in [-0.05, 0) is 90.0 Å². The Morgan fingerprint density at radius 1 is 0.203 bits per heavy atom. The van der Waals surface area contributed by atoms with Gasteiger partial charge >= 0.3 is 0 Å². The second-order valence-electron chi connectivity index (χ2n) is 16.9. The van der Waals surface area contributed by atoms with Crippen molar-refractivity contribution in [3.63, 3.8) is 0 Å². The molecule has 0 aliphatic rings. The SMILES string of the molecule is c1ccc(-c2cc(-n3c4ccccc4c4ccc5c(c6ccccc6n5-c5ccccc5)c43)cc(-n3c4ccccc4c4ccc5c(c6ccccc6n5-c5ccccc5)c43)c2)cc1. The van der Waals surface area contributed by atoms with E-state index in [1.165, 1.54) is 92.8 Å². The highest BCUT2D eigenvalue weighted by Gasteiger charge is 2.24. The van der Waals surface area contributed by atoms with Gasteiger partial charge in [-0.15, -0.1) is 0 Å². The van der Waals surface area contributed by atoms with Crippen LogP contribution >= 0.6 is 0 Å². The fourth-order valence-electron chi connectivity index (χ4n) is 10.9. The van der Waals surface area contributed by atoms with Gasteiger partial charge in [0.2, 0.25) is 0 Å². The maximum atomic E-state index is 2.54. The lowest BCUT2D eigenvalue weighted by Gasteiger charge is -2.17. The summed E-state index contributed by atoms with van der Waals surface area (Å²) in [6.45, 7) is 0. The average molecular weight is 815 g/mol. The third kappa shape index (κ3) is 4.88. The molecule has 0 fully saturated rings. The highest BCUT2D eigenvalue weighted by atomic mass is 15.0. The molecule has 0 atom stereocenters. The molecule has 10 aromatic carbocycles. The maximum Gasteiger partial charge on any atom is 0.0641 e. The Kier molecular flexibility index (Phi) is 7.36. The fraction of sp³-hybridized carbons (Fsp3) is 0. The Balaban J connectivity index is 1.15. The van der Waals surface area contributed by atoms with Gasteiger partial charge in [-0.1, -0.05) is 152 Å². The molecule has 0 saturated heterocycles. The van der Waals surface area contributed by atoms with E-state index in [9.17, 15) is 0 Å². The van der Waals surface area contributed by atoms with Crippen LogP contribution in [0.3, 0.4) is 0 Å². The molecule has 0 aliphatic carbocycles. The normalized spacial score (nSPS) is 12.1. The number of para-hydroxylation sites is 6. The predicted octanol–water partition coefficient (Wildman–Crippen LogP) is 15.7. The number of benzene rings is 10. The van der Waals surface area contributed by atoms with Gasteiger partial charge < -0.3 is 18.3 Å². The first-order valence-electron chi connectivity index (χ1n) is 22.0. The molecule has 4 nitrogen and oxygen atoms in total. The van der Waals surface area contributed by atoms with Gasteiger partial charge in [-0.2, -0.15) is 0 Å². The summed E-state index contributed by atoms with van der Waals surface area (Å²) in [7, 11) is 0. The summed E-state index contributed by atoms with van der Waals surface area (Å²) in [4.78, 5) is 0. The van der Waals surface area contributed by atoms with Crippen molar-refractivity contribution in [2.75, 3.05) is 0 Å².